The third-order valence-corrected chi connectivity index (χ3v) is 2.55. The number of rotatable bonds is 3. The molecule has 0 spiro atoms. The summed E-state index contributed by atoms with van der Waals surface area (Å²) in [4.78, 5) is 14.8. The van der Waals surface area contributed by atoms with Gasteiger partial charge in [-0.15, -0.1) is 0 Å². The van der Waals surface area contributed by atoms with E-state index in [1.54, 1.807) is 6.33 Å². The summed E-state index contributed by atoms with van der Waals surface area (Å²) in [5.74, 6) is 0.145. The van der Waals surface area contributed by atoms with Gasteiger partial charge in [0.05, 0.1) is 6.33 Å². The van der Waals surface area contributed by atoms with Gasteiger partial charge in [-0.3, -0.25) is 4.79 Å². The van der Waals surface area contributed by atoms with Crippen LogP contribution in [0.25, 0.3) is 0 Å². The van der Waals surface area contributed by atoms with Crippen LogP contribution in [-0.2, 0) is 11.3 Å². The summed E-state index contributed by atoms with van der Waals surface area (Å²) in [7, 11) is 0. The molecule has 0 radical (unpaired) electrons. The van der Waals surface area contributed by atoms with Gasteiger partial charge in [-0.05, 0) is 13.0 Å². The maximum absolute atomic E-state index is 10.8. The van der Waals surface area contributed by atoms with Gasteiger partial charge in [-0.2, -0.15) is 0 Å². The highest BCUT2D eigenvalue weighted by atomic mass is 16.1. The van der Waals surface area contributed by atoms with Crippen LogP contribution < -0.4 is 11.1 Å². The SMILES string of the molecule is NC(=O)Cn1cncc1C1CCNC1. The molecule has 1 amide bonds. The second-order valence-electron chi connectivity index (χ2n) is 3.60. The Labute approximate surface area is 82.3 Å². The fourth-order valence-corrected chi connectivity index (χ4v) is 1.88. The summed E-state index contributed by atoms with van der Waals surface area (Å²) in [5, 5.41) is 3.28. The lowest BCUT2D eigenvalue weighted by molar-refractivity contribution is -0.118. The van der Waals surface area contributed by atoms with E-state index in [4.69, 9.17) is 5.73 Å². The Balaban J connectivity index is 2.15. The van der Waals surface area contributed by atoms with Crippen molar-refractivity contribution in [1.29, 1.82) is 0 Å². The second kappa shape index (κ2) is 3.79. The van der Waals surface area contributed by atoms with E-state index < -0.39 is 0 Å². The topological polar surface area (TPSA) is 72.9 Å². The maximum Gasteiger partial charge on any atom is 0.237 e. The highest BCUT2D eigenvalue weighted by molar-refractivity contribution is 5.73. The molecule has 2 rings (SSSR count). The number of nitrogens with one attached hydrogen (secondary N) is 1. The molecule has 3 N–H and O–H groups in total. The van der Waals surface area contributed by atoms with Crippen molar-refractivity contribution in [2.45, 2.75) is 18.9 Å². The van der Waals surface area contributed by atoms with E-state index >= 15 is 0 Å². The summed E-state index contributed by atoms with van der Waals surface area (Å²) < 4.78 is 1.83. The predicted molar refractivity (Wildman–Crippen MR) is 51.6 cm³/mol. The molecule has 5 heteroatoms. The van der Waals surface area contributed by atoms with Gasteiger partial charge in [0.1, 0.15) is 6.54 Å². The van der Waals surface area contributed by atoms with Crippen molar-refractivity contribution < 1.29 is 4.79 Å². The second-order valence-corrected chi connectivity index (χ2v) is 3.60. The molecule has 1 saturated heterocycles. The van der Waals surface area contributed by atoms with Gasteiger partial charge in [0.25, 0.3) is 0 Å². The number of amides is 1. The van der Waals surface area contributed by atoms with E-state index in [0.717, 1.165) is 25.2 Å². The standard InChI is InChI=1S/C9H14N4O/c10-9(14)5-13-6-12-4-8(13)7-1-2-11-3-7/h4,6-7,11H,1-3,5H2,(H2,10,14). The lowest BCUT2D eigenvalue weighted by atomic mass is 10.1. The molecule has 0 aromatic carbocycles. The molecule has 2 heterocycles. The Hall–Kier alpha value is -1.36. The molecule has 0 bridgehead atoms. The van der Waals surface area contributed by atoms with Crippen LogP contribution in [0.2, 0.25) is 0 Å². The average Bonchev–Trinajstić information content (AvgIpc) is 2.70. The van der Waals surface area contributed by atoms with Crippen LogP contribution in [-0.4, -0.2) is 28.5 Å². The van der Waals surface area contributed by atoms with E-state index in [9.17, 15) is 4.79 Å². The summed E-state index contributed by atoms with van der Waals surface area (Å²) in [5.41, 5.74) is 6.25. The Morgan fingerprint density at radius 2 is 2.64 bits per heavy atom. The molecule has 0 aliphatic carbocycles. The van der Waals surface area contributed by atoms with E-state index in [-0.39, 0.29) is 12.5 Å². The van der Waals surface area contributed by atoms with E-state index in [1.165, 1.54) is 0 Å². The maximum atomic E-state index is 10.8. The molecule has 1 aliphatic heterocycles. The number of hydrogen-bond donors (Lipinski definition) is 2. The minimum absolute atomic E-state index is 0.228. The highest BCUT2D eigenvalue weighted by Crippen LogP contribution is 2.21. The molecule has 1 aromatic heterocycles. The van der Waals surface area contributed by atoms with Crippen molar-refractivity contribution in [2.24, 2.45) is 5.73 Å². The number of nitrogens with zero attached hydrogens (tertiary/aromatic N) is 2. The van der Waals surface area contributed by atoms with Crippen LogP contribution >= 0.6 is 0 Å². The normalized spacial score (nSPS) is 21.3. The van der Waals surface area contributed by atoms with Gasteiger partial charge in [0, 0.05) is 24.4 Å². The monoisotopic (exact) mass is 194 g/mol. The van der Waals surface area contributed by atoms with Gasteiger partial charge in [-0.1, -0.05) is 0 Å². The molecular weight excluding hydrogens is 180 g/mol. The van der Waals surface area contributed by atoms with Gasteiger partial charge in [0.2, 0.25) is 5.91 Å². The molecule has 14 heavy (non-hydrogen) atoms. The molecule has 0 saturated carbocycles. The third-order valence-electron chi connectivity index (χ3n) is 2.55. The molecule has 1 atom stereocenters. The molecule has 1 unspecified atom stereocenters. The molecule has 5 nitrogen and oxygen atoms in total. The summed E-state index contributed by atoms with van der Waals surface area (Å²) in [6, 6.07) is 0. The minimum Gasteiger partial charge on any atom is -0.368 e. The van der Waals surface area contributed by atoms with Crippen molar-refractivity contribution >= 4 is 5.91 Å². The first-order valence-electron chi connectivity index (χ1n) is 4.76. The van der Waals surface area contributed by atoms with Crippen LogP contribution in [0.1, 0.15) is 18.0 Å². The fourth-order valence-electron chi connectivity index (χ4n) is 1.88. The van der Waals surface area contributed by atoms with E-state index in [0.29, 0.717) is 5.92 Å². The van der Waals surface area contributed by atoms with Crippen LogP contribution in [0.15, 0.2) is 12.5 Å². The zero-order chi connectivity index (χ0) is 9.97. The number of primary amides is 1. The summed E-state index contributed by atoms with van der Waals surface area (Å²) in [6.07, 6.45) is 4.59. The lowest BCUT2D eigenvalue weighted by Crippen LogP contribution is -2.21. The zero-order valence-electron chi connectivity index (χ0n) is 7.94. The van der Waals surface area contributed by atoms with Crippen LogP contribution in [0.4, 0.5) is 0 Å². The fraction of sp³-hybridized carbons (Fsp3) is 0.556. The zero-order valence-corrected chi connectivity index (χ0v) is 7.94. The first kappa shape index (κ1) is 9.21. The van der Waals surface area contributed by atoms with Gasteiger partial charge in [0.15, 0.2) is 0 Å². The number of aromatic nitrogens is 2. The van der Waals surface area contributed by atoms with E-state index in [1.807, 2.05) is 10.8 Å². The molecule has 76 valence electrons. The Morgan fingerprint density at radius 1 is 1.79 bits per heavy atom. The highest BCUT2D eigenvalue weighted by Gasteiger charge is 2.20. The van der Waals surface area contributed by atoms with Crippen molar-refractivity contribution in [3.63, 3.8) is 0 Å². The molecule has 1 aliphatic rings. The average molecular weight is 194 g/mol. The van der Waals surface area contributed by atoms with Crippen molar-refractivity contribution in [2.75, 3.05) is 13.1 Å². The van der Waals surface area contributed by atoms with Crippen LogP contribution in [0.5, 0.6) is 0 Å². The number of nitrogens with two attached hydrogens (primary N) is 1. The summed E-state index contributed by atoms with van der Waals surface area (Å²) >= 11 is 0. The first-order chi connectivity index (χ1) is 6.77. The predicted octanol–water partition coefficient (Wildman–Crippen LogP) is -0.555. The molecule has 1 aromatic rings. The third kappa shape index (κ3) is 1.77. The van der Waals surface area contributed by atoms with Crippen LogP contribution in [0.3, 0.4) is 0 Å². The molecular formula is C9H14N4O. The number of carbonyl (C=O) groups excluding carboxylic acids is 1. The largest absolute Gasteiger partial charge is 0.368 e. The summed E-state index contributed by atoms with van der Waals surface area (Å²) in [6.45, 7) is 2.22. The lowest BCUT2D eigenvalue weighted by Gasteiger charge is -2.10. The van der Waals surface area contributed by atoms with Crippen molar-refractivity contribution in [3.8, 4) is 0 Å². The van der Waals surface area contributed by atoms with Crippen LogP contribution in [0, 0.1) is 0 Å². The van der Waals surface area contributed by atoms with Crippen molar-refractivity contribution in [3.05, 3.63) is 18.2 Å². The molecule has 1 fully saturated rings. The number of hydrogen-bond acceptors (Lipinski definition) is 3. The van der Waals surface area contributed by atoms with Crippen molar-refractivity contribution in [1.82, 2.24) is 14.9 Å². The number of imidazole rings is 1. The van der Waals surface area contributed by atoms with Gasteiger partial charge in [-0.25, -0.2) is 4.98 Å². The quantitative estimate of drug-likeness (QED) is 0.677. The Morgan fingerprint density at radius 3 is 3.29 bits per heavy atom. The Bertz CT molecular complexity index is 327. The number of carbonyl (C=O) groups is 1. The minimum atomic E-state index is -0.324. The van der Waals surface area contributed by atoms with E-state index in [2.05, 4.69) is 10.3 Å². The van der Waals surface area contributed by atoms with Gasteiger partial charge < -0.3 is 15.6 Å². The van der Waals surface area contributed by atoms with Gasteiger partial charge >= 0.3 is 0 Å². The Kier molecular flexibility index (Phi) is 2.49. The first-order valence-corrected chi connectivity index (χ1v) is 4.76. The smallest absolute Gasteiger partial charge is 0.237 e.